The minimum absolute atomic E-state index is 0.0522. The molecule has 0 amide bonds. The lowest BCUT2D eigenvalue weighted by Gasteiger charge is -2.56. The third kappa shape index (κ3) is 1.22. The molecule has 2 N–H and O–H groups in total. The average Bonchev–Trinajstić information content (AvgIpc) is 2.78. The molecule has 0 bridgehead atoms. The maximum absolute atomic E-state index is 12.4. The summed E-state index contributed by atoms with van der Waals surface area (Å²) in [5.41, 5.74) is -2.41. The summed E-state index contributed by atoms with van der Waals surface area (Å²) < 4.78 is 5.72. The first-order valence-electron chi connectivity index (χ1n) is 7.27. The second kappa shape index (κ2) is 3.83. The maximum Gasteiger partial charge on any atom is 0.307 e. The Kier molecular flexibility index (Phi) is 2.68. The van der Waals surface area contributed by atoms with Gasteiger partial charge in [-0.2, -0.15) is 0 Å². The summed E-state index contributed by atoms with van der Waals surface area (Å²) in [5.74, 6) is -0.831. The first-order chi connectivity index (χ1) is 9.24. The van der Waals surface area contributed by atoms with E-state index in [4.69, 9.17) is 4.74 Å². The highest BCUT2D eigenvalue weighted by atomic mass is 16.6. The highest BCUT2D eigenvalue weighted by molar-refractivity contribution is 5.87. The van der Waals surface area contributed by atoms with E-state index in [1.807, 2.05) is 13.8 Å². The van der Waals surface area contributed by atoms with Crippen molar-refractivity contribution in [1.82, 2.24) is 0 Å². The first kappa shape index (κ1) is 14.0. The Bertz CT molecular complexity index is 489. The standard InChI is InChI=1S/C15H22O5/c1-8-10(17)4-14-6-12(19)20-15(14,13(8,3)7-16)5-11(18)9(14)2/h8-9,11,16,18H,4-7H2,1-3H3. The van der Waals surface area contributed by atoms with E-state index in [-0.39, 0.29) is 43.0 Å². The summed E-state index contributed by atoms with van der Waals surface area (Å²) in [7, 11) is 0. The van der Waals surface area contributed by atoms with Crippen molar-refractivity contribution in [3.63, 3.8) is 0 Å². The van der Waals surface area contributed by atoms with Crippen molar-refractivity contribution in [2.75, 3.05) is 6.61 Å². The van der Waals surface area contributed by atoms with Crippen molar-refractivity contribution in [2.45, 2.75) is 51.7 Å². The molecule has 20 heavy (non-hydrogen) atoms. The quantitative estimate of drug-likeness (QED) is 0.690. The molecule has 0 aromatic carbocycles. The molecule has 0 aromatic rings. The molecular formula is C15H22O5. The molecule has 5 nitrogen and oxygen atoms in total. The van der Waals surface area contributed by atoms with Crippen molar-refractivity contribution in [3.8, 4) is 0 Å². The number of carbonyl (C=O) groups excluding carboxylic acids is 2. The Morgan fingerprint density at radius 2 is 1.95 bits per heavy atom. The van der Waals surface area contributed by atoms with Crippen LogP contribution >= 0.6 is 0 Å². The number of esters is 1. The van der Waals surface area contributed by atoms with Gasteiger partial charge in [0.2, 0.25) is 0 Å². The van der Waals surface area contributed by atoms with E-state index in [1.165, 1.54) is 0 Å². The van der Waals surface area contributed by atoms with E-state index >= 15 is 0 Å². The van der Waals surface area contributed by atoms with Gasteiger partial charge in [-0.25, -0.2) is 0 Å². The molecule has 3 fully saturated rings. The van der Waals surface area contributed by atoms with Crippen LogP contribution in [0.5, 0.6) is 0 Å². The number of hydrogen-bond donors (Lipinski definition) is 2. The summed E-state index contributed by atoms with van der Waals surface area (Å²) in [6, 6.07) is 0. The molecule has 3 aliphatic rings. The van der Waals surface area contributed by atoms with Crippen LogP contribution in [0.4, 0.5) is 0 Å². The number of ether oxygens (including phenoxy) is 1. The van der Waals surface area contributed by atoms with Gasteiger partial charge in [0, 0.05) is 29.6 Å². The molecule has 3 rings (SSSR count). The number of ketones is 1. The van der Waals surface area contributed by atoms with E-state index in [0.29, 0.717) is 6.42 Å². The molecule has 0 aromatic heterocycles. The van der Waals surface area contributed by atoms with Gasteiger partial charge >= 0.3 is 5.97 Å². The third-order valence-electron chi connectivity index (χ3n) is 6.68. The summed E-state index contributed by atoms with van der Waals surface area (Å²) in [4.78, 5) is 24.4. The fourth-order valence-electron chi connectivity index (χ4n) is 5.06. The minimum Gasteiger partial charge on any atom is -0.458 e. The van der Waals surface area contributed by atoms with Gasteiger partial charge in [-0.15, -0.1) is 0 Å². The van der Waals surface area contributed by atoms with E-state index in [0.717, 1.165) is 0 Å². The Morgan fingerprint density at radius 1 is 1.30 bits per heavy atom. The number of rotatable bonds is 1. The number of Topliss-reactive ketones (excluding diaryl/α,β-unsaturated/α-hetero) is 1. The topological polar surface area (TPSA) is 83.8 Å². The zero-order chi connectivity index (χ0) is 14.9. The van der Waals surface area contributed by atoms with Crippen LogP contribution in [0.25, 0.3) is 0 Å². The van der Waals surface area contributed by atoms with Crippen molar-refractivity contribution >= 4 is 11.8 Å². The third-order valence-corrected chi connectivity index (χ3v) is 6.68. The van der Waals surface area contributed by atoms with E-state index < -0.39 is 22.5 Å². The number of aliphatic hydroxyl groups excluding tert-OH is 2. The van der Waals surface area contributed by atoms with Crippen LogP contribution in [0.3, 0.4) is 0 Å². The van der Waals surface area contributed by atoms with Crippen LogP contribution in [-0.4, -0.2) is 40.3 Å². The van der Waals surface area contributed by atoms with Gasteiger partial charge < -0.3 is 14.9 Å². The molecule has 6 atom stereocenters. The summed E-state index contributed by atoms with van der Waals surface area (Å²) in [6.45, 7) is 5.26. The predicted molar refractivity (Wildman–Crippen MR) is 69.6 cm³/mol. The maximum atomic E-state index is 12.4. The van der Waals surface area contributed by atoms with Gasteiger partial charge in [0.05, 0.1) is 19.1 Å². The number of hydrogen-bond acceptors (Lipinski definition) is 5. The number of aliphatic hydroxyl groups is 2. The SMILES string of the molecule is CC1C(=O)CC23CC(=O)OC2(CC(O)C3C)C1(C)CO. The van der Waals surface area contributed by atoms with E-state index in [2.05, 4.69) is 0 Å². The highest BCUT2D eigenvalue weighted by Gasteiger charge is 2.78. The molecule has 6 unspecified atom stereocenters. The van der Waals surface area contributed by atoms with Crippen LogP contribution < -0.4 is 0 Å². The predicted octanol–water partition coefficient (Wildman–Crippen LogP) is 0.667. The van der Waals surface area contributed by atoms with Crippen molar-refractivity contribution in [1.29, 1.82) is 0 Å². The largest absolute Gasteiger partial charge is 0.458 e. The highest BCUT2D eigenvalue weighted by Crippen LogP contribution is 2.70. The van der Waals surface area contributed by atoms with Crippen LogP contribution in [-0.2, 0) is 14.3 Å². The molecule has 112 valence electrons. The Hall–Kier alpha value is -0.940. The molecule has 1 aliphatic heterocycles. The lowest BCUT2D eigenvalue weighted by Crippen LogP contribution is -2.64. The molecule has 1 saturated heterocycles. The average molecular weight is 282 g/mol. The zero-order valence-electron chi connectivity index (χ0n) is 12.2. The Balaban J connectivity index is 2.24. The van der Waals surface area contributed by atoms with Gasteiger partial charge in [0.15, 0.2) is 0 Å². The molecule has 1 heterocycles. The molecule has 0 spiro atoms. The lowest BCUT2D eigenvalue weighted by molar-refractivity contribution is -0.206. The summed E-state index contributed by atoms with van der Waals surface area (Å²) in [6.07, 6.45) is 0.133. The van der Waals surface area contributed by atoms with E-state index in [9.17, 15) is 19.8 Å². The van der Waals surface area contributed by atoms with Crippen LogP contribution in [0.2, 0.25) is 0 Å². The zero-order valence-corrected chi connectivity index (χ0v) is 12.2. The van der Waals surface area contributed by atoms with Gasteiger partial charge in [0.1, 0.15) is 11.4 Å². The molecule has 5 heteroatoms. The first-order valence-corrected chi connectivity index (χ1v) is 7.27. The summed E-state index contributed by atoms with van der Waals surface area (Å²) in [5, 5.41) is 20.3. The smallest absolute Gasteiger partial charge is 0.307 e. The summed E-state index contributed by atoms with van der Waals surface area (Å²) >= 11 is 0. The van der Waals surface area contributed by atoms with Crippen molar-refractivity contribution in [2.24, 2.45) is 22.7 Å². The molecular weight excluding hydrogens is 260 g/mol. The second-order valence-corrected chi connectivity index (χ2v) is 7.13. The van der Waals surface area contributed by atoms with Gasteiger partial charge in [-0.05, 0) is 5.92 Å². The van der Waals surface area contributed by atoms with Crippen LogP contribution in [0.1, 0.15) is 40.0 Å². The fourth-order valence-corrected chi connectivity index (χ4v) is 5.06. The number of carbonyl (C=O) groups is 2. The van der Waals surface area contributed by atoms with Gasteiger partial charge in [-0.1, -0.05) is 20.8 Å². The normalized spacial score (nSPS) is 54.5. The van der Waals surface area contributed by atoms with Gasteiger partial charge in [-0.3, -0.25) is 9.59 Å². The Labute approximate surface area is 118 Å². The van der Waals surface area contributed by atoms with Crippen LogP contribution in [0.15, 0.2) is 0 Å². The van der Waals surface area contributed by atoms with Crippen molar-refractivity contribution < 1.29 is 24.5 Å². The fraction of sp³-hybridized carbons (Fsp3) is 0.867. The second-order valence-electron chi connectivity index (χ2n) is 7.13. The molecule has 2 saturated carbocycles. The van der Waals surface area contributed by atoms with Crippen LogP contribution in [0, 0.1) is 22.7 Å². The van der Waals surface area contributed by atoms with Gasteiger partial charge in [0.25, 0.3) is 0 Å². The molecule has 2 aliphatic carbocycles. The Morgan fingerprint density at radius 3 is 2.55 bits per heavy atom. The van der Waals surface area contributed by atoms with Crippen molar-refractivity contribution in [3.05, 3.63) is 0 Å². The lowest BCUT2D eigenvalue weighted by atomic mass is 9.48. The van der Waals surface area contributed by atoms with E-state index in [1.54, 1.807) is 6.92 Å². The molecule has 0 radical (unpaired) electrons. The minimum atomic E-state index is -0.919. The monoisotopic (exact) mass is 282 g/mol.